The maximum absolute atomic E-state index is 11.7. The maximum atomic E-state index is 11.7. The number of amides is 1. The smallest absolute Gasteiger partial charge is 0.275 e. The fourth-order valence-corrected chi connectivity index (χ4v) is 1.85. The van der Waals surface area contributed by atoms with E-state index in [-0.39, 0.29) is 11.9 Å². The van der Waals surface area contributed by atoms with Crippen LogP contribution in [0.2, 0.25) is 0 Å². The summed E-state index contributed by atoms with van der Waals surface area (Å²) in [6.07, 6.45) is -0.257. The Morgan fingerprint density at radius 2 is 2.19 bits per heavy atom. The molecule has 1 fully saturated rings. The Labute approximate surface area is 94.4 Å². The molecule has 0 aliphatic carbocycles. The third-order valence-corrected chi connectivity index (χ3v) is 2.66. The maximum Gasteiger partial charge on any atom is 0.275 e. The molecule has 2 rings (SSSR count). The van der Waals surface area contributed by atoms with Crippen molar-refractivity contribution in [3.8, 4) is 0 Å². The molecule has 0 saturated carbocycles. The third-order valence-electron chi connectivity index (χ3n) is 2.66. The lowest BCUT2D eigenvalue weighted by Gasteiger charge is -2.23. The van der Waals surface area contributed by atoms with Crippen molar-refractivity contribution in [1.82, 2.24) is 5.06 Å². The molecule has 16 heavy (non-hydrogen) atoms. The van der Waals surface area contributed by atoms with E-state index in [4.69, 9.17) is 4.84 Å². The summed E-state index contributed by atoms with van der Waals surface area (Å²) in [5, 5.41) is 10.6. The third kappa shape index (κ3) is 2.08. The second-order valence-electron chi connectivity index (χ2n) is 3.89. The second kappa shape index (κ2) is 4.63. The van der Waals surface area contributed by atoms with Crippen LogP contribution in [0.15, 0.2) is 30.3 Å². The van der Waals surface area contributed by atoms with Crippen LogP contribution >= 0.6 is 0 Å². The number of aliphatic hydroxyl groups is 1. The summed E-state index contributed by atoms with van der Waals surface area (Å²) in [7, 11) is 0. The number of carbonyl (C=O) groups excluding carboxylic acids is 1. The Kier molecular flexibility index (Phi) is 3.22. The number of benzene rings is 1. The molecule has 1 N–H and O–H groups in total. The number of hydrogen-bond acceptors (Lipinski definition) is 3. The van der Waals surface area contributed by atoms with E-state index in [2.05, 4.69) is 0 Å². The van der Waals surface area contributed by atoms with Crippen molar-refractivity contribution < 1.29 is 14.7 Å². The summed E-state index contributed by atoms with van der Waals surface area (Å²) in [6.45, 7) is 1.96. The molecular weight excluding hydrogens is 206 g/mol. The number of carbonyl (C=O) groups is 1. The van der Waals surface area contributed by atoms with Crippen LogP contribution in [0, 0.1) is 0 Å². The van der Waals surface area contributed by atoms with E-state index in [1.807, 2.05) is 30.3 Å². The molecule has 86 valence electrons. The molecule has 1 saturated heterocycles. The van der Waals surface area contributed by atoms with Crippen LogP contribution in [-0.2, 0) is 9.63 Å². The summed E-state index contributed by atoms with van der Waals surface area (Å²) in [4.78, 5) is 16.9. The van der Waals surface area contributed by atoms with Crippen molar-refractivity contribution >= 4 is 5.91 Å². The van der Waals surface area contributed by atoms with Gasteiger partial charge >= 0.3 is 0 Å². The van der Waals surface area contributed by atoms with Gasteiger partial charge in [-0.25, -0.2) is 5.06 Å². The fraction of sp³-hybridized carbons (Fsp3) is 0.417. The first-order valence-corrected chi connectivity index (χ1v) is 5.39. The molecule has 1 unspecified atom stereocenters. The lowest BCUT2D eigenvalue weighted by atomic mass is 10.0. The molecule has 0 radical (unpaired) electrons. The highest BCUT2D eigenvalue weighted by Gasteiger charge is 2.33. The largest absolute Gasteiger partial charge is 0.383 e. The van der Waals surface area contributed by atoms with Crippen LogP contribution in [0.4, 0.5) is 0 Å². The van der Waals surface area contributed by atoms with Crippen LogP contribution in [0.3, 0.4) is 0 Å². The van der Waals surface area contributed by atoms with E-state index in [1.54, 1.807) is 0 Å². The van der Waals surface area contributed by atoms with Crippen LogP contribution in [-0.4, -0.2) is 28.8 Å². The van der Waals surface area contributed by atoms with Gasteiger partial charge in [0.15, 0.2) is 0 Å². The molecule has 4 nitrogen and oxygen atoms in total. The number of hydrogen-bond donors (Lipinski definition) is 1. The van der Waals surface area contributed by atoms with E-state index in [0.29, 0.717) is 6.61 Å². The monoisotopic (exact) mass is 221 g/mol. The SMILES string of the molecule is CC(O)C(=O)N1OCC[C@H]1c1ccccc1. The quantitative estimate of drug-likeness (QED) is 0.818. The number of hydroxylamine groups is 2. The van der Waals surface area contributed by atoms with Gasteiger partial charge in [-0.1, -0.05) is 30.3 Å². The Hall–Kier alpha value is -1.39. The van der Waals surface area contributed by atoms with E-state index < -0.39 is 6.10 Å². The zero-order chi connectivity index (χ0) is 11.5. The average molecular weight is 221 g/mol. The van der Waals surface area contributed by atoms with E-state index in [0.717, 1.165) is 12.0 Å². The molecule has 0 bridgehead atoms. The Balaban J connectivity index is 2.19. The first kappa shape index (κ1) is 11.1. The summed E-state index contributed by atoms with van der Waals surface area (Å²) >= 11 is 0. The zero-order valence-corrected chi connectivity index (χ0v) is 9.17. The van der Waals surface area contributed by atoms with Crippen LogP contribution in [0.1, 0.15) is 24.9 Å². The first-order valence-electron chi connectivity index (χ1n) is 5.39. The van der Waals surface area contributed by atoms with Gasteiger partial charge in [-0.2, -0.15) is 0 Å². The van der Waals surface area contributed by atoms with E-state index in [1.165, 1.54) is 12.0 Å². The van der Waals surface area contributed by atoms with Gasteiger partial charge in [-0.3, -0.25) is 9.63 Å². The summed E-state index contributed by atoms with van der Waals surface area (Å²) < 4.78 is 0. The molecule has 1 amide bonds. The van der Waals surface area contributed by atoms with Gasteiger partial charge in [0.05, 0.1) is 12.6 Å². The lowest BCUT2D eigenvalue weighted by Crippen LogP contribution is -2.36. The minimum absolute atomic E-state index is 0.0803. The number of nitrogens with zero attached hydrogens (tertiary/aromatic N) is 1. The predicted octanol–water partition coefficient (Wildman–Crippen LogP) is 1.27. The van der Waals surface area contributed by atoms with Gasteiger partial charge in [-0.05, 0) is 12.5 Å². The molecule has 0 aromatic heterocycles. The number of rotatable bonds is 2. The van der Waals surface area contributed by atoms with Crippen LogP contribution in [0.5, 0.6) is 0 Å². The highest BCUT2D eigenvalue weighted by molar-refractivity contribution is 5.79. The van der Waals surface area contributed by atoms with E-state index >= 15 is 0 Å². The molecule has 1 aliphatic rings. The zero-order valence-electron chi connectivity index (χ0n) is 9.17. The van der Waals surface area contributed by atoms with Crippen LogP contribution in [0.25, 0.3) is 0 Å². The normalized spacial score (nSPS) is 22.1. The first-order chi connectivity index (χ1) is 7.70. The van der Waals surface area contributed by atoms with Gasteiger partial charge in [0, 0.05) is 6.42 Å². The molecule has 1 aromatic rings. The highest BCUT2D eigenvalue weighted by Crippen LogP contribution is 2.30. The van der Waals surface area contributed by atoms with Crippen molar-refractivity contribution in [2.45, 2.75) is 25.5 Å². The van der Waals surface area contributed by atoms with Crippen molar-refractivity contribution in [3.05, 3.63) is 35.9 Å². The van der Waals surface area contributed by atoms with Crippen molar-refractivity contribution in [3.63, 3.8) is 0 Å². The fourth-order valence-electron chi connectivity index (χ4n) is 1.85. The Bertz CT molecular complexity index is 364. The lowest BCUT2D eigenvalue weighted by molar-refractivity contribution is -0.185. The molecule has 1 aliphatic heterocycles. The standard InChI is InChI=1S/C12H15NO3/c1-9(14)12(15)13-11(7-8-16-13)10-5-3-2-4-6-10/h2-6,9,11,14H,7-8H2,1H3/t9?,11-/m0/s1. The minimum atomic E-state index is -1.02. The summed E-state index contributed by atoms with van der Waals surface area (Å²) in [6, 6.07) is 9.63. The van der Waals surface area contributed by atoms with E-state index in [9.17, 15) is 9.90 Å². The summed E-state index contributed by atoms with van der Waals surface area (Å²) in [5.74, 6) is -0.383. The minimum Gasteiger partial charge on any atom is -0.383 e. The average Bonchev–Trinajstić information content (AvgIpc) is 2.77. The summed E-state index contributed by atoms with van der Waals surface area (Å²) in [5.41, 5.74) is 1.04. The van der Waals surface area contributed by atoms with Crippen molar-refractivity contribution in [2.75, 3.05) is 6.61 Å². The number of aliphatic hydroxyl groups excluding tert-OH is 1. The molecule has 0 spiro atoms. The van der Waals surface area contributed by atoms with Crippen molar-refractivity contribution in [2.24, 2.45) is 0 Å². The molecule has 4 heteroatoms. The van der Waals surface area contributed by atoms with Gasteiger partial charge in [0.1, 0.15) is 6.10 Å². The molecule has 2 atom stereocenters. The van der Waals surface area contributed by atoms with Crippen molar-refractivity contribution in [1.29, 1.82) is 0 Å². The Morgan fingerprint density at radius 1 is 1.50 bits per heavy atom. The van der Waals surface area contributed by atoms with Gasteiger partial charge < -0.3 is 5.11 Å². The molecular formula is C12H15NO3. The highest BCUT2D eigenvalue weighted by atomic mass is 16.7. The van der Waals surface area contributed by atoms with Gasteiger partial charge in [0.25, 0.3) is 5.91 Å². The second-order valence-corrected chi connectivity index (χ2v) is 3.89. The topological polar surface area (TPSA) is 49.8 Å². The molecule has 1 heterocycles. The van der Waals surface area contributed by atoms with Gasteiger partial charge in [0.2, 0.25) is 0 Å². The van der Waals surface area contributed by atoms with Gasteiger partial charge in [-0.15, -0.1) is 0 Å². The van der Waals surface area contributed by atoms with Crippen LogP contribution < -0.4 is 0 Å². The Morgan fingerprint density at radius 3 is 2.81 bits per heavy atom. The predicted molar refractivity (Wildman–Crippen MR) is 58.3 cm³/mol. The molecule has 1 aromatic carbocycles.